The largest absolute Gasteiger partial charge is 0.383 e. The number of nitrogens with zero attached hydrogens (tertiary/aromatic N) is 2. The van der Waals surface area contributed by atoms with Gasteiger partial charge in [-0.15, -0.1) is 18.3 Å². The van der Waals surface area contributed by atoms with Gasteiger partial charge in [-0.25, -0.2) is 0 Å². The Kier molecular flexibility index (Phi) is 9.92. The van der Waals surface area contributed by atoms with Crippen molar-refractivity contribution in [3.8, 4) is 33.4 Å². The van der Waals surface area contributed by atoms with E-state index in [0.717, 1.165) is 22.0 Å². The number of fused-ring (bicyclic) bond motifs is 8. The smallest absolute Gasteiger partial charge is 0.126 e. The van der Waals surface area contributed by atoms with Crippen LogP contribution in [0.15, 0.2) is 229 Å². The highest BCUT2D eigenvalue weighted by Gasteiger charge is 2.54. The first-order valence-electron chi connectivity index (χ1n) is 20.5. The summed E-state index contributed by atoms with van der Waals surface area (Å²) in [4.78, 5) is 10.9. The fourth-order valence-electron chi connectivity index (χ4n) is 9.34. The van der Waals surface area contributed by atoms with Gasteiger partial charge in [0.25, 0.3) is 0 Å². The number of aliphatic imine (C=N–C) groups is 1. The van der Waals surface area contributed by atoms with Crippen LogP contribution in [0.25, 0.3) is 50.4 Å². The fraction of sp³-hybridized carbons (Fsp3) is 0.0714. The second kappa shape index (κ2) is 16.0. The molecule has 7 aromatic carbocycles. The minimum absolute atomic E-state index is 0.0329. The van der Waals surface area contributed by atoms with E-state index in [-0.39, 0.29) is 17.2 Å². The van der Waals surface area contributed by atoms with Gasteiger partial charge >= 0.3 is 0 Å². The Morgan fingerprint density at radius 3 is 2.00 bits per heavy atom. The number of thioether (sulfide) groups is 1. The van der Waals surface area contributed by atoms with E-state index in [1.165, 1.54) is 55.0 Å². The molecule has 10 rings (SSSR count). The molecule has 0 saturated carbocycles. The van der Waals surface area contributed by atoms with E-state index in [9.17, 15) is 0 Å². The molecule has 0 saturated heterocycles. The Balaban J connectivity index is 1.09. The van der Waals surface area contributed by atoms with Crippen molar-refractivity contribution in [1.82, 2.24) is 4.98 Å². The van der Waals surface area contributed by atoms with Crippen LogP contribution in [-0.4, -0.2) is 22.1 Å². The van der Waals surface area contributed by atoms with Crippen LogP contribution in [0.1, 0.15) is 27.8 Å². The molecule has 0 bridgehead atoms. The van der Waals surface area contributed by atoms with Crippen molar-refractivity contribution in [2.45, 2.75) is 21.6 Å². The number of hydrogen-bond donors (Lipinski definition) is 1. The SMILES string of the molecule is C=CC1C(/C=C/C(/C=C/c2ccccc2)N=C(N)c2ccccc2)Sc2cc(-c3ccc(-c4ccnc5ccccc45)cc3)ccc2C12c1ccccc1-c1ccccc12. The van der Waals surface area contributed by atoms with Crippen LogP contribution in [0.3, 0.4) is 0 Å². The number of rotatable bonds is 9. The quantitative estimate of drug-likeness (QED) is 0.0900. The summed E-state index contributed by atoms with van der Waals surface area (Å²) in [6.07, 6.45) is 12.9. The monoisotopic (exact) mass is 789 g/mol. The van der Waals surface area contributed by atoms with Crippen molar-refractivity contribution >= 4 is 34.6 Å². The molecule has 1 aliphatic heterocycles. The number of nitrogens with two attached hydrogens (primary N) is 1. The lowest BCUT2D eigenvalue weighted by Gasteiger charge is -2.46. The lowest BCUT2D eigenvalue weighted by atomic mass is 9.62. The van der Waals surface area contributed by atoms with E-state index >= 15 is 0 Å². The summed E-state index contributed by atoms with van der Waals surface area (Å²) in [5, 5.41) is 1.19. The Labute approximate surface area is 356 Å². The summed E-state index contributed by atoms with van der Waals surface area (Å²) < 4.78 is 0. The number of hydrogen-bond acceptors (Lipinski definition) is 3. The van der Waals surface area contributed by atoms with Crippen molar-refractivity contribution in [2.75, 3.05) is 0 Å². The van der Waals surface area contributed by atoms with Crippen LogP contribution in [0.4, 0.5) is 0 Å². The highest BCUT2D eigenvalue weighted by atomic mass is 32.2. The van der Waals surface area contributed by atoms with Crippen molar-refractivity contribution < 1.29 is 0 Å². The zero-order chi connectivity index (χ0) is 40.5. The van der Waals surface area contributed by atoms with Crippen LogP contribution < -0.4 is 5.73 Å². The molecule has 1 spiro atoms. The van der Waals surface area contributed by atoms with E-state index in [2.05, 4.69) is 181 Å². The van der Waals surface area contributed by atoms with Gasteiger partial charge in [0.1, 0.15) is 5.84 Å². The fourth-order valence-corrected chi connectivity index (χ4v) is 10.8. The molecule has 0 amide bonds. The van der Waals surface area contributed by atoms with Crippen molar-refractivity contribution in [2.24, 2.45) is 16.6 Å². The maximum absolute atomic E-state index is 6.69. The zero-order valence-corrected chi connectivity index (χ0v) is 33.9. The van der Waals surface area contributed by atoms with Crippen LogP contribution >= 0.6 is 11.8 Å². The van der Waals surface area contributed by atoms with Crippen LogP contribution in [0.2, 0.25) is 0 Å². The van der Waals surface area contributed by atoms with Crippen LogP contribution in [-0.2, 0) is 5.41 Å². The van der Waals surface area contributed by atoms with Gasteiger partial charge < -0.3 is 5.73 Å². The molecule has 1 aliphatic carbocycles. The third-order valence-electron chi connectivity index (χ3n) is 12.1. The highest BCUT2D eigenvalue weighted by Crippen LogP contribution is 2.63. The summed E-state index contributed by atoms with van der Waals surface area (Å²) in [5.74, 6) is 0.540. The molecule has 0 fully saturated rings. The second-order valence-corrected chi connectivity index (χ2v) is 16.7. The van der Waals surface area contributed by atoms with E-state index in [0.29, 0.717) is 5.84 Å². The van der Waals surface area contributed by atoms with Crippen LogP contribution in [0, 0.1) is 5.92 Å². The molecule has 2 aliphatic rings. The highest BCUT2D eigenvalue weighted by molar-refractivity contribution is 8.00. The number of aromatic nitrogens is 1. The molecule has 1 aromatic heterocycles. The summed E-state index contributed by atoms with van der Waals surface area (Å²) in [6.45, 7) is 4.57. The van der Waals surface area contributed by atoms with Gasteiger partial charge in [0.2, 0.25) is 0 Å². The maximum atomic E-state index is 6.69. The van der Waals surface area contributed by atoms with Gasteiger partial charge in [0, 0.05) is 33.2 Å². The topological polar surface area (TPSA) is 51.3 Å². The minimum Gasteiger partial charge on any atom is -0.383 e. The van der Waals surface area contributed by atoms with E-state index in [1.54, 1.807) is 0 Å². The van der Waals surface area contributed by atoms with E-state index < -0.39 is 5.41 Å². The molecule has 0 radical (unpaired) electrons. The standard InChI is InChI=1S/C56H43N3S/c1-2-48-53(34-32-43(31-25-38-15-5-3-6-16-38)59-55(57)41-17-7-4-8-18-41)60-54-37-42(39-26-28-40(29-27-39)44-35-36-58-52-24-14-11-21-47(44)52)30-33-51(54)56(48)49-22-12-9-19-45(49)46-20-10-13-23-50(46)56/h2-37,43,48,53H,1H2,(H2,57,59)/b31-25+,34-32+. The molecule has 4 heteroatoms. The molecule has 3 atom stereocenters. The van der Waals surface area contributed by atoms with Crippen molar-refractivity contribution in [3.05, 3.63) is 247 Å². The second-order valence-electron chi connectivity index (χ2n) is 15.4. The lowest BCUT2D eigenvalue weighted by Crippen LogP contribution is -2.43. The number of allylic oxidation sites excluding steroid dienone is 1. The molecular formula is C56H43N3S. The number of para-hydroxylation sites is 1. The molecular weight excluding hydrogens is 747 g/mol. The maximum Gasteiger partial charge on any atom is 0.126 e. The molecule has 2 heterocycles. The van der Waals surface area contributed by atoms with E-state index in [1.807, 2.05) is 60.4 Å². The summed E-state index contributed by atoms with van der Waals surface area (Å²) >= 11 is 1.91. The predicted molar refractivity (Wildman–Crippen MR) is 253 cm³/mol. The van der Waals surface area contributed by atoms with Gasteiger partial charge in [0.15, 0.2) is 0 Å². The van der Waals surface area contributed by atoms with Crippen molar-refractivity contribution in [3.63, 3.8) is 0 Å². The first-order valence-corrected chi connectivity index (χ1v) is 21.4. The Hall–Kier alpha value is -7.01. The Morgan fingerprint density at radius 2 is 1.27 bits per heavy atom. The average molecular weight is 790 g/mol. The zero-order valence-electron chi connectivity index (χ0n) is 33.1. The van der Waals surface area contributed by atoms with Crippen LogP contribution in [0.5, 0.6) is 0 Å². The Morgan fingerprint density at radius 1 is 0.633 bits per heavy atom. The summed E-state index contributed by atoms with van der Waals surface area (Å²) in [5.41, 5.74) is 20.5. The lowest BCUT2D eigenvalue weighted by molar-refractivity contribution is 0.452. The molecule has 3 nitrogen and oxygen atoms in total. The van der Waals surface area contributed by atoms with Gasteiger partial charge in [0.05, 0.1) is 17.0 Å². The van der Waals surface area contributed by atoms with Gasteiger partial charge in [-0.05, 0) is 73.8 Å². The average Bonchev–Trinajstić information content (AvgIpc) is 3.60. The number of pyridine rings is 1. The number of amidine groups is 1. The van der Waals surface area contributed by atoms with Crippen molar-refractivity contribution in [1.29, 1.82) is 0 Å². The van der Waals surface area contributed by atoms with E-state index in [4.69, 9.17) is 10.7 Å². The first-order chi connectivity index (χ1) is 29.6. The molecule has 2 N–H and O–H groups in total. The third kappa shape index (κ3) is 6.60. The summed E-state index contributed by atoms with van der Waals surface area (Å²) in [6, 6.07) is 64.5. The first kappa shape index (κ1) is 37.3. The minimum atomic E-state index is -0.447. The Bertz CT molecular complexity index is 2900. The summed E-state index contributed by atoms with van der Waals surface area (Å²) in [7, 11) is 0. The molecule has 3 unspecified atom stereocenters. The normalized spacial score (nSPS) is 17.1. The van der Waals surface area contributed by atoms with Gasteiger partial charge in [-0.1, -0.05) is 194 Å². The molecule has 60 heavy (non-hydrogen) atoms. The molecule has 288 valence electrons. The van der Waals surface area contributed by atoms with Gasteiger partial charge in [-0.2, -0.15) is 0 Å². The predicted octanol–water partition coefficient (Wildman–Crippen LogP) is 13.2. The van der Waals surface area contributed by atoms with Gasteiger partial charge in [-0.3, -0.25) is 9.98 Å². The number of benzene rings is 7. The molecule has 8 aromatic rings. The third-order valence-corrected chi connectivity index (χ3v) is 13.4.